The van der Waals surface area contributed by atoms with E-state index in [-0.39, 0.29) is 11.3 Å². The van der Waals surface area contributed by atoms with E-state index in [2.05, 4.69) is 16.8 Å². The maximum Gasteiger partial charge on any atom is 0.232 e. The van der Waals surface area contributed by atoms with Crippen molar-refractivity contribution in [3.63, 3.8) is 0 Å². The molecular weight excluding hydrogens is 260 g/mol. The second kappa shape index (κ2) is 6.50. The molecule has 19 heavy (non-hydrogen) atoms. The minimum absolute atomic E-state index is 0.218. The topological polar surface area (TPSA) is 41.6 Å². The van der Waals surface area contributed by atoms with Crippen LogP contribution in [0.5, 0.6) is 0 Å². The quantitative estimate of drug-likeness (QED) is 0.864. The van der Waals surface area contributed by atoms with Crippen molar-refractivity contribution >= 4 is 17.2 Å². The van der Waals surface area contributed by atoms with Crippen LogP contribution in [0.2, 0.25) is 0 Å². The van der Waals surface area contributed by atoms with Gasteiger partial charge in [0.15, 0.2) is 0 Å². The summed E-state index contributed by atoms with van der Waals surface area (Å²) in [6.07, 6.45) is 0.862. The lowest BCUT2D eigenvalue weighted by molar-refractivity contribution is -0.144. The van der Waals surface area contributed by atoms with Crippen molar-refractivity contribution in [3.8, 4) is 0 Å². The molecule has 1 N–H and O–H groups in total. The fourth-order valence-corrected chi connectivity index (χ4v) is 3.36. The third-order valence-electron chi connectivity index (χ3n) is 3.71. The van der Waals surface area contributed by atoms with Gasteiger partial charge in [-0.05, 0) is 31.3 Å². The van der Waals surface area contributed by atoms with Crippen LogP contribution in [-0.4, -0.2) is 44.2 Å². The monoisotopic (exact) mass is 282 g/mol. The van der Waals surface area contributed by atoms with Crippen LogP contribution in [0.4, 0.5) is 0 Å². The first-order chi connectivity index (χ1) is 9.22. The molecule has 5 heteroatoms. The number of methoxy groups -OCH3 is 1. The summed E-state index contributed by atoms with van der Waals surface area (Å²) < 4.78 is 5.30. The molecule has 0 aliphatic carbocycles. The first kappa shape index (κ1) is 14.5. The first-order valence-corrected chi connectivity index (χ1v) is 7.61. The van der Waals surface area contributed by atoms with Gasteiger partial charge in [-0.1, -0.05) is 6.07 Å². The Kier molecular flexibility index (Phi) is 4.96. The summed E-state index contributed by atoms with van der Waals surface area (Å²) in [5, 5.41) is 5.34. The highest BCUT2D eigenvalue weighted by atomic mass is 32.1. The summed E-state index contributed by atoms with van der Waals surface area (Å²) >= 11 is 1.70. The van der Waals surface area contributed by atoms with Crippen molar-refractivity contribution in [2.45, 2.75) is 19.9 Å². The van der Waals surface area contributed by atoms with Gasteiger partial charge in [0.1, 0.15) is 0 Å². The first-order valence-electron chi connectivity index (χ1n) is 6.73. The van der Waals surface area contributed by atoms with Crippen molar-refractivity contribution in [2.75, 3.05) is 33.4 Å². The number of ether oxygens (including phenoxy) is 1. The number of amides is 1. The van der Waals surface area contributed by atoms with Crippen LogP contribution in [0, 0.1) is 5.41 Å². The molecule has 0 aromatic carbocycles. The third-order valence-corrected chi connectivity index (χ3v) is 4.57. The van der Waals surface area contributed by atoms with Crippen LogP contribution in [-0.2, 0) is 16.1 Å². The lowest BCUT2D eigenvalue weighted by Gasteiger charge is -2.32. The molecule has 1 unspecified atom stereocenters. The molecule has 1 saturated heterocycles. The highest BCUT2D eigenvalue weighted by Crippen LogP contribution is 2.29. The lowest BCUT2D eigenvalue weighted by atomic mass is 9.86. The van der Waals surface area contributed by atoms with Crippen LogP contribution < -0.4 is 5.32 Å². The number of nitrogens with zero attached hydrogens (tertiary/aromatic N) is 1. The van der Waals surface area contributed by atoms with E-state index in [1.54, 1.807) is 18.4 Å². The Morgan fingerprint density at radius 1 is 1.63 bits per heavy atom. The summed E-state index contributed by atoms with van der Waals surface area (Å²) in [7, 11) is 1.67. The van der Waals surface area contributed by atoms with Crippen LogP contribution in [0.15, 0.2) is 17.5 Å². The van der Waals surface area contributed by atoms with E-state index in [1.807, 2.05) is 17.9 Å². The second-order valence-electron chi connectivity index (χ2n) is 5.04. The molecule has 2 rings (SSSR count). The molecule has 0 bridgehead atoms. The predicted octanol–water partition coefficient (Wildman–Crippen LogP) is 1.72. The summed E-state index contributed by atoms with van der Waals surface area (Å²) in [6, 6.07) is 4.11. The average molecular weight is 282 g/mol. The van der Waals surface area contributed by atoms with Gasteiger partial charge in [0, 0.05) is 25.1 Å². The molecule has 1 amide bonds. The Morgan fingerprint density at radius 2 is 2.47 bits per heavy atom. The zero-order valence-corrected chi connectivity index (χ0v) is 12.5. The molecule has 1 aliphatic rings. The van der Waals surface area contributed by atoms with Gasteiger partial charge >= 0.3 is 0 Å². The Hall–Kier alpha value is -0.910. The van der Waals surface area contributed by atoms with Crippen molar-refractivity contribution in [3.05, 3.63) is 22.4 Å². The van der Waals surface area contributed by atoms with Gasteiger partial charge in [-0.15, -0.1) is 11.3 Å². The van der Waals surface area contributed by atoms with E-state index in [4.69, 9.17) is 4.74 Å². The minimum Gasteiger partial charge on any atom is -0.384 e. The molecular formula is C14H22N2O2S. The molecule has 0 spiro atoms. The number of hydrogen-bond acceptors (Lipinski definition) is 4. The molecule has 1 aromatic rings. The van der Waals surface area contributed by atoms with Crippen LogP contribution in [0.1, 0.15) is 18.2 Å². The Balaban J connectivity index is 2.10. The standard InChI is InChI=1S/C14H22N2O2S/c1-3-16(9-12-5-4-8-19-12)13(17)14(11-18-2)6-7-15-10-14/h4-5,8,15H,3,6-7,9-11H2,1-2H3. The summed E-state index contributed by atoms with van der Waals surface area (Å²) in [5.41, 5.74) is -0.373. The molecule has 2 heterocycles. The molecule has 0 saturated carbocycles. The van der Waals surface area contributed by atoms with Crippen LogP contribution >= 0.6 is 11.3 Å². The zero-order chi connectivity index (χ0) is 13.7. The SMILES string of the molecule is CCN(Cc1cccs1)C(=O)C1(COC)CCNC1. The Morgan fingerprint density at radius 3 is 3.00 bits per heavy atom. The zero-order valence-electron chi connectivity index (χ0n) is 11.6. The van der Waals surface area contributed by atoms with E-state index in [9.17, 15) is 4.79 Å². The molecule has 1 aliphatic heterocycles. The van der Waals surface area contributed by atoms with Gasteiger partial charge in [-0.25, -0.2) is 0 Å². The molecule has 1 aromatic heterocycles. The molecule has 0 radical (unpaired) electrons. The minimum atomic E-state index is -0.373. The number of hydrogen-bond donors (Lipinski definition) is 1. The van der Waals surface area contributed by atoms with Gasteiger partial charge in [0.2, 0.25) is 5.91 Å². The van der Waals surface area contributed by atoms with Crippen molar-refractivity contribution in [2.24, 2.45) is 5.41 Å². The normalized spacial score (nSPS) is 22.6. The van der Waals surface area contributed by atoms with Gasteiger partial charge in [-0.3, -0.25) is 4.79 Å². The maximum atomic E-state index is 12.8. The molecule has 4 nitrogen and oxygen atoms in total. The Labute approximate surface area is 118 Å². The van der Waals surface area contributed by atoms with E-state index in [1.165, 1.54) is 4.88 Å². The third kappa shape index (κ3) is 3.16. The van der Waals surface area contributed by atoms with Crippen LogP contribution in [0.3, 0.4) is 0 Å². The Bertz CT molecular complexity index is 400. The highest BCUT2D eigenvalue weighted by Gasteiger charge is 2.43. The molecule has 1 atom stereocenters. The second-order valence-corrected chi connectivity index (χ2v) is 6.07. The number of carbonyl (C=O) groups is 1. The maximum absolute atomic E-state index is 12.8. The van der Waals surface area contributed by atoms with Gasteiger partial charge < -0.3 is 15.0 Å². The number of rotatable bonds is 6. The fourth-order valence-electron chi connectivity index (χ4n) is 2.64. The van der Waals surface area contributed by atoms with E-state index >= 15 is 0 Å². The highest BCUT2D eigenvalue weighted by molar-refractivity contribution is 7.09. The van der Waals surface area contributed by atoms with Crippen LogP contribution in [0.25, 0.3) is 0 Å². The van der Waals surface area contributed by atoms with Crippen molar-refractivity contribution in [1.29, 1.82) is 0 Å². The lowest BCUT2D eigenvalue weighted by Crippen LogP contribution is -2.47. The number of carbonyl (C=O) groups excluding carboxylic acids is 1. The number of nitrogens with one attached hydrogen (secondary N) is 1. The largest absolute Gasteiger partial charge is 0.384 e. The average Bonchev–Trinajstić information content (AvgIpc) is 3.07. The van der Waals surface area contributed by atoms with Crippen molar-refractivity contribution in [1.82, 2.24) is 10.2 Å². The van der Waals surface area contributed by atoms with Crippen molar-refractivity contribution < 1.29 is 9.53 Å². The van der Waals surface area contributed by atoms with Gasteiger partial charge in [0.25, 0.3) is 0 Å². The fraction of sp³-hybridized carbons (Fsp3) is 0.643. The van der Waals surface area contributed by atoms with E-state index in [0.29, 0.717) is 13.2 Å². The van der Waals surface area contributed by atoms with E-state index < -0.39 is 0 Å². The van der Waals surface area contributed by atoms with Gasteiger partial charge in [0.05, 0.1) is 18.6 Å². The molecule has 106 valence electrons. The summed E-state index contributed by atoms with van der Waals surface area (Å²) in [4.78, 5) is 16.0. The van der Waals surface area contributed by atoms with Gasteiger partial charge in [-0.2, -0.15) is 0 Å². The summed E-state index contributed by atoms with van der Waals surface area (Å²) in [6.45, 7) is 5.60. The van der Waals surface area contributed by atoms with E-state index in [0.717, 1.165) is 26.1 Å². The smallest absolute Gasteiger partial charge is 0.232 e. The summed E-state index contributed by atoms with van der Waals surface area (Å²) in [5.74, 6) is 0.218. The number of thiophene rings is 1. The predicted molar refractivity (Wildman–Crippen MR) is 77.2 cm³/mol. The molecule has 1 fully saturated rings.